The minimum absolute atomic E-state index is 0.410. The normalized spacial score (nSPS) is 16.9. The molecule has 5 heteroatoms. The van der Waals surface area contributed by atoms with Crippen LogP contribution in [0.25, 0.3) is 0 Å². The van der Waals surface area contributed by atoms with Gasteiger partial charge in [0.25, 0.3) is 0 Å². The van der Waals surface area contributed by atoms with Crippen molar-refractivity contribution in [1.29, 1.82) is 0 Å². The molecule has 0 amide bonds. The third-order valence-corrected chi connectivity index (χ3v) is 3.20. The highest BCUT2D eigenvalue weighted by Crippen LogP contribution is 2.42. The maximum absolute atomic E-state index is 9.69. The second-order valence-corrected chi connectivity index (χ2v) is 7.13. The summed E-state index contributed by atoms with van der Waals surface area (Å²) in [5.41, 5.74) is -1.45. The Hall–Kier alpha value is 0.790. The molecule has 0 aromatic rings. The molecule has 2 nitrogen and oxygen atoms in total. The van der Waals surface area contributed by atoms with Gasteiger partial charge < -0.3 is 9.84 Å². The predicted molar refractivity (Wildman–Crippen MR) is 60.9 cm³/mol. The Bertz CT molecular complexity index is 191. The molecule has 0 heterocycles. The van der Waals surface area contributed by atoms with Gasteiger partial charge in [-0.15, -0.1) is 0 Å². The topological polar surface area (TPSA) is 29.5 Å². The summed E-state index contributed by atoms with van der Waals surface area (Å²) in [7, 11) is 0. The van der Waals surface area contributed by atoms with Crippen LogP contribution in [-0.4, -0.2) is 20.8 Å². The van der Waals surface area contributed by atoms with E-state index < -0.39 is 21.1 Å². The number of alkyl halides is 3. The fourth-order valence-electron chi connectivity index (χ4n) is 0.523. The fraction of sp³-hybridized carbons (Fsp3) is 1.00. The Morgan fingerprint density at radius 1 is 1.00 bits per heavy atom. The molecule has 0 aliphatic carbocycles. The van der Waals surface area contributed by atoms with Crippen molar-refractivity contribution in [2.45, 2.75) is 50.3 Å². The van der Waals surface area contributed by atoms with Gasteiger partial charge in [-0.2, -0.15) is 0 Å². The summed E-state index contributed by atoms with van der Waals surface area (Å²) in [5, 5.41) is 9.69. The first-order chi connectivity index (χ1) is 5.88. The van der Waals surface area contributed by atoms with Gasteiger partial charge in [0.2, 0.25) is 3.79 Å². The summed E-state index contributed by atoms with van der Waals surface area (Å²) in [5.74, 6) is 0. The van der Waals surface area contributed by atoms with Crippen molar-refractivity contribution >= 4 is 34.8 Å². The number of rotatable bonds is 2. The molecule has 0 saturated carbocycles. The monoisotopic (exact) mass is 262 g/mol. The molecular weight excluding hydrogens is 246 g/mol. The van der Waals surface area contributed by atoms with Gasteiger partial charge in [0.1, 0.15) is 5.60 Å². The van der Waals surface area contributed by atoms with Crippen LogP contribution in [-0.2, 0) is 4.74 Å². The maximum Gasteiger partial charge on any atom is 0.218 e. The number of halogens is 3. The fourth-order valence-corrected chi connectivity index (χ4v) is 0.656. The second kappa shape index (κ2) is 4.34. The van der Waals surface area contributed by atoms with Crippen molar-refractivity contribution in [2.75, 3.05) is 0 Å². The molecule has 86 valence electrons. The van der Waals surface area contributed by atoms with E-state index in [0.717, 1.165) is 0 Å². The van der Waals surface area contributed by atoms with Gasteiger partial charge in [-0.3, -0.25) is 0 Å². The van der Waals surface area contributed by atoms with E-state index in [1.807, 2.05) is 20.8 Å². The highest BCUT2D eigenvalue weighted by Gasteiger charge is 2.44. The van der Waals surface area contributed by atoms with E-state index in [-0.39, 0.29) is 0 Å². The smallest absolute Gasteiger partial charge is 0.218 e. The lowest BCUT2D eigenvalue weighted by Gasteiger charge is -2.38. The lowest BCUT2D eigenvalue weighted by Crippen LogP contribution is -2.45. The molecule has 0 aromatic carbocycles. The number of aliphatic hydroxyl groups is 1. The first kappa shape index (κ1) is 14.8. The number of hydrogen-bond donors (Lipinski definition) is 1. The number of hydrogen-bond acceptors (Lipinski definition) is 2. The summed E-state index contributed by atoms with van der Waals surface area (Å²) in [6.07, 6.45) is -0.979. The Kier molecular flexibility index (Phi) is 4.59. The zero-order valence-corrected chi connectivity index (χ0v) is 11.3. The zero-order chi connectivity index (χ0) is 11.8. The zero-order valence-electron chi connectivity index (χ0n) is 9.07. The van der Waals surface area contributed by atoms with E-state index in [4.69, 9.17) is 39.5 Å². The molecular formula is C9H17Cl3O2. The van der Waals surface area contributed by atoms with Crippen LogP contribution in [0.2, 0.25) is 0 Å². The van der Waals surface area contributed by atoms with Crippen molar-refractivity contribution in [3.05, 3.63) is 0 Å². The van der Waals surface area contributed by atoms with Gasteiger partial charge >= 0.3 is 0 Å². The Morgan fingerprint density at radius 3 is 1.57 bits per heavy atom. The molecule has 1 N–H and O–H groups in total. The van der Waals surface area contributed by atoms with Crippen LogP contribution in [0, 0.1) is 5.41 Å². The van der Waals surface area contributed by atoms with E-state index in [2.05, 4.69) is 0 Å². The summed E-state index contributed by atoms with van der Waals surface area (Å²) in [6.45, 7) is 8.76. The third kappa shape index (κ3) is 4.11. The van der Waals surface area contributed by atoms with Gasteiger partial charge in [-0.1, -0.05) is 55.6 Å². The van der Waals surface area contributed by atoms with Gasteiger partial charge in [0.15, 0.2) is 6.29 Å². The van der Waals surface area contributed by atoms with Crippen molar-refractivity contribution in [2.24, 2.45) is 5.41 Å². The van der Waals surface area contributed by atoms with Crippen molar-refractivity contribution < 1.29 is 9.84 Å². The van der Waals surface area contributed by atoms with Crippen LogP contribution in [0.1, 0.15) is 34.6 Å². The highest BCUT2D eigenvalue weighted by molar-refractivity contribution is 6.68. The molecule has 1 unspecified atom stereocenters. The maximum atomic E-state index is 9.69. The largest absolute Gasteiger partial charge is 0.367 e. The molecule has 0 bridgehead atoms. The number of aliphatic hydroxyl groups excluding tert-OH is 1. The lowest BCUT2D eigenvalue weighted by molar-refractivity contribution is -0.215. The van der Waals surface area contributed by atoms with Crippen LogP contribution in [0.4, 0.5) is 0 Å². The van der Waals surface area contributed by atoms with Crippen LogP contribution in [0.15, 0.2) is 0 Å². The Labute approximate surface area is 100 Å². The standard InChI is InChI=1S/C9H17Cl3O2/c1-7(2,3)6(13)14-8(4,5)9(10,11)12/h6,13H,1-5H3. The molecule has 0 saturated heterocycles. The van der Waals surface area contributed by atoms with Gasteiger partial charge in [0.05, 0.1) is 0 Å². The van der Waals surface area contributed by atoms with Gasteiger partial charge in [0, 0.05) is 5.41 Å². The quantitative estimate of drug-likeness (QED) is 0.610. The van der Waals surface area contributed by atoms with E-state index >= 15 is 0 Å². The van der Waals surface area contributed by atoms with Crippen LogP contribution in [0.5, 0.6) is 0 Å². The summed E-state index contributed by atoms with van der Waals surface area (Å²) < 4.78 is 3.76. The molecule has 0 spiro atoms. The first-order valence-electron chi connectivity index (χ1n) is 4.30. The Balaban J connectivity index is 4.53. The molecule has 0 radical (unpaired) electrons. The minimum Gasteiger partial charge on any atom is -0.367 e. The van der Waals surface area contributed by atoms with Crippen molar-refractivity contribution in [3.63, 3.8) is 0 Å². The van der Waals surface area contributed by atoms with E-state index in [0.29, 0.717) is 0 Å². The van der Waals surface area contributed by atoms with Crippen LogP contribution >= 0.6 is 34.8 Å². The van der Waals surface area contributed by atoms with E-state index in [1.54, 1.807) is 13.8 Å². The van der Waals surface area contributed by atoms with Crippen molar-refractivity contribution in [1.82, 2.24) is 0 Å². The molecule has 0 fully saturated rings. The molecule has 0 aliphatic heterocycles. The number of ether oxygens (including phenoxy) is 1. The summed E-state index contributed by atoms with van der Waals surface area (Å²) in [6, 6.07) is 0. The Morgan fingerprint density at radius 2 is 1.36 bits per heavy atom. The van der Waals surface area contributed by atoms with Crippen LogP contribution < -0.4 is 0 Å². The highest BCUT2D eigenvalue weighted by atomic mass is 35.6. The van der Waals surface area contributed by atoms with Crippen LogP contribution in [0.3, 0.4) is 0 Å². The van der Waals surface area contributed by atoms with Crippen molar-refractivity contribution in [3.8, 4) is 0 Å². The molecule has 1 atom stereocenters. The third-order valence-electron chi connectivity index (χ3n) is 1.83. The molecule has 0 aromatic heterocycles. The van der Waals surface area contributed by atoms with E-state index in [1.165, 1.54) is 0 Å². The van der Waals surface area contributed by atoms with Gasteiger partial charge in [-0.25, -0.2) is 0 Å². The lowest BCUT2D eigenvalue weighted by atomic mass is 9.95. The minimum atomic E-state index is -1.57. The molecule has 0 rings (SSSR count). The average molecular weight is 264 g/mol. The summed E-state index contributed by atoms with van der Waals surface area (Å²) in [4.78, 5) is 0. The SMILES string of the molecule is CC(C)(C)C(O)OC(C)(C)C(Cl)(Cl)Cl. The summed E-state index contributed by atoms with van der Waals surface area (Å²) >= 11 is 17.1. The average Bonchev–Trinajstić information content (AvgIpc) is 1.80. The van der Waals surface area contributed by atoms with E-state index in [9.17, 15) is 5.11 Å². The van der Waals surface area contributed by atoms with Gasteiger partial charge in [-0.05, 0) is 13.8 Å². The predicted octanol–water partition coefficient (Wildman–Crippen LogP) is 3.52. The second-order valence-electron chi connectivity index (χ2n) is 4.84. The molecule has 14 heavy (non-hydrogen) atoms. The first-order valence-corrected chi connectivity index (χ1v) is 5.44. The molecule has 0 aliphatic rings.